The minimum absolute atomic E-state index is 0.257. The lowest BCUT2D eigenvalue weighted by Crippen LogP contribution is -2.29. The summed E-state index contributed by atoms with van der Waals surface area (Å²) in [7, 11) is 0. The predicted molar refractivity (Wildman–Crippen MR) is 88.3 cm³/mol. The number of thiophene rings is 1. The van der Waals surface area contributed by atoms with E-state index in [1.807, 2.05) is 25.1 Å². The van der Waals surface area contributed by atoms with E-state index in [0.717, 1.165) is 16.9 Å². The van der Waals surface area contributed by atoms with E-state index < -0.39 is 5.97 Å². The van der Waals surface area contributed by atoms with Gasteiger partial charge in [0.05, 0.1) is 0 Å². The molecule has 1 heterocycles. The molecule has 0 aliphatic heterocycles. The molecule has 1 N–H and O–H groups in total. The summed E-state index contributed by atoms with van der Waals surface area (Å²) in [5.74, 6) is -0.776. The molecule has 0 spiro atoms. The van der Waals surface area contributed by atoms with E-state index >= 15 is 0 Å². The van der Waals surface area contributed by atoms with Crippen molar-refractivity contribution in [2.45, 2.75) is 13.3 Å². The summed E-state index contributed by atoms with van der Waals surface area (Å²) >= 11 is 7.17. The van der Waals surface area contributed by atoms with Crippen molar-refractivity contribution in [2.75, 3.05) is 13.2 Å². The highest BCUT2D eigenvalue weighted by Gasteiger charge is 2.13. The van der Waals surface area contributed by atoms with Crippen molar-refractivity contribution in [3.05, 3.63) is 46.3 Å². The molecule has 0 fully saturated rings. The lowest BCUT2D eigenvalue weighted by molar-refractivity contribution is -0.124. The molecule has 2 aromatic rings. The van der Waals surface area contributed by atoms with E-state index in [1.165, 1.54) is 11.3 Å². The molecule has 4 nitrogen and oxygen atoms in total. The number of amides is 1. The first-order valence-electron chi connectivity index (χ1n) is 6.89. The van der Waals surface area contributed by atoms with Crippen LogP contribution in [0.25, 0.3) is 10.4 Å². The molecule has 0 bridgehead atoms. The van der Waals surface area contributed by atoms with Crippen molar-refractivity contribution in [2.24, 2.45) is 0 Å². The monoisotopic (exact) mass is 337 g/mol. The van der Waals surface area contributed by atoms with Crippen LogP contribution in [0, 0.1) is 0 Å². The van der Waals surface area contributed by atoms with Crippen LogP contribution in [0.2, 0.25) is 5.02 Å². The molecule has 0 saturated carbocycles. The normalized spacial score (nSPS) is 10.3. The summed E-state index contributed by atoms with van der Waals surface area (Å²) in [6.45, 7) is 2.28. The second-order valence-corrected chi connectivity index (χ2v) is 6.12. The zero-order valence-electron chi connectivity index (χ0n) is 12.1. The maximum absolute atomic E-state index is 11.9. The van der Waals surface area contributed by atoms with Gasteiger partial charge in [-0.1, -0.05) is 30.7 Å². The SMILES string of the molecule is CCCNC(=O)COC(=O)c1ccc(-c2ccc(Cl)cc2)s1. The molecule has 0 radical (unpaired) electrons. The molecule has 6 heteroatoms. The van der Waals surface area contributed by atoms with Crippen LogP contribution >= 0.6 is 22.9 Å². The quantitative estimate of drug-likeness (QED) is 0.817. The van der Waals surface area contributed by atoms with Gasteiger partial charge in [-0.25, -0.2) is 4.79 Å². The van der Waals surface area contributed by atoms with E-state index in [-0.39, 0.29) is 12.5 Å². The van der Waals surface area contributed by atoms with Gasteiger partial charge in [-0.05, 0) is 36.2 Å². The van der Waals surface area contributed by atoms with Crippen LogP contribution in [0.1, 0.15) is 23.0 Å². The molecule has 0 unspecified atom stereocenters. The molecule has 1 aromatic carbocycles. The fourth-order valence-electron chi connectivity index (χ4n) is 1.73. The number of carbonyl (C=O) groups is 2. The Bertz CT molecular complexity index is 652. The van der Waals surface area contributed by atoms with E-state index in [0.29, 0.717) is 16.4 Å². The maximum Gasteiger partial charge on any atom is 0.348 e. The lowest BCUT2D eigenvalue weighted by atomic mass is 10.2. The fraction of sp³-hybridized carbons (Fsp3) is 0.250. The lowest BCUT2D eigenvalue weighted by Gasteiger charge is -2.04. The van der Waals surface area contributed by atoms with E-state index in [1.54, 1.807) is 18.2 Å². The predicted octanol–water partition coefficient (Wildman–Crippen LogP) is 3.75. The molecule has 0 atom stereocenters. The number of ether oxygens (including phenoxy) is 1. The van der Waals surface area contributed by atoms with Gasteiger partial charge in [0.25, 0.3) is 5.91 Å². The van der Waals surface area contributed by atoms with Crippen molar-refractivity contribution in [1.29, 1.82) is 0 Å². The van der Waals surface area contributed by atoms with Crippen LogP contribution in [0.3, 0.4) is 0 Å². The summed E-state index contributed by atoms with van der Waals surface area (Å²) in [5.41, 5.74) is 0.981. The van der Waals surface area contributed by atoms with Crippen molar-refractivity contribution < 1.29 is 14.3 Å². The third-order valence-electron chi connectivity index (χ3n) is 2.84. The van der Waals surface area contributed by atoms with Gasteiger partial charge in [-0.15, -0.1) is 11.3 Å². The van der Waals surface area contributed by atoms with Crippen LogP contribution in [-0.2, 0) is 9.53 Å². The van der Waals surface area contributed by atoms with Gasteiger partial charge in [0.1, 0.15) is 4.88 Å². The smallest absolute Gasteiger partial charge is 0.348 e. The highest BCUT2D eigenvalue weighted by Crippen LogP contribution is 2.29. The van der Waals surface area contributed by atoms with E-state index in [2.05, 4.69) is 5.32 Å². The molecule has 0 saturated heterocycles. The molecular formula is C16H16ClNO3S. The van der Waals surface area contributed by atoms with Crippen molar-refractivity contribution >= 4 is 34.8 Å². The molecule has 2 rings (SSSR count). The number of hydrogen-bond donors (Lipinski definition) is 1. The molecule has 1 amide bonds. The van der Waals surface area contributed by atoms with Gasteiger partial charge in [0.15, 0.2) is 6.61 Å². The van der Waals surface area contributed by atoms with Crippen molar-refractivity contribution in [3.63, 3.8) is 0 Å². The van der Waals surface area contributed by atoms with Gasteiger partial charge >= 0.3 is 5.97 Å². The molecule has 1 aromatic heterocycles. The number of halogens is 1. The van der Waals surface area contributed by atoms with Crippen LogP contribution in [0.5, 0.6) is 0 Å². The first-order chi connectivity index (χ1) is 10.6. The Morgan fingerprint density at radius 2 is 1.91 bits per heavy atom. The Kier molecular flexibility index (Phi) is 5.98. The van der Waals surface area contributed by atoms with Crippen molar-refractivity contribution in [3.8, 4) is 10.4 Å². The average molecular weight is 338 g/mol. The largest absolute Gasteiger partial charge is 0.451 e. The Balaban J connectivity index is 1.94. The highest BCUT2D eigenvalue weighted by atomic mass is 35.5. The van der Waals surface area contributed by atoms with Gasteiger partial charge in [0.2, 0.25) is 0 Å². The third kappa shape index (κ3) is 4.58. The molecule has 0 aliphatic carbocycles. The van der Waals surface area contributed by atoms with Crippen LogP contribution in [-0.4, -0.2) is 25.0 Å². The Morgan fingerprint density at radius 3 is 2.59 bits per heavy atom. The summed E-state index contributed by atoms with van der Waals surface area (Å²) in [6, 6.07) is 10.9. The van der Waals surface area contributed by atoms with E-state index in [9.17, 15) is 9.59 Å². The Labute approximate surface area is 138 Å². The Morgan fingerprint density at radius 1 is 1.18 bits per heavy atom. The molecule has 0 aliphatic rings. The Hall–Kier alpha value is -1.85. The van der Waals surface area contributed by atoms with Crippen LogP contribution < -0.4 is 5.32 Å². The van der Waals surface area contributed by atoms with Gasteiger partial charge in [-0.3, -0.25) is 4.79 Å². The van der Waals surface area contributed by atoms with Gasteiger partial charge in [0, 0.05) is 16.4 Å². The van der Waals surface area contributed by atoms with E-state index in [4.69, 9.17) is 16.3 Å². The molecule has 116 valence electrons. The topological polar surface area (TPSA) is 55.4 Å². The number of hydrogen-bond acceptors (Lipinski definition) is 4. The summed E-state index contributed by atoms with van der Waals surface area (Å²) in [5, 5.41) is 3.32. The summed E-state index contributed by atoms with van der Waals surface area (Å²) in [4.78, 5) is 24.7. The molecular weight excluding hydrogens is 322 g/mol. The minimum Gasteiger partial charge on any atom is -0.451 e. The first-order valence-corrected chi connectivity index (χ1v) is 8.09. The summed E-state index contributed by atoms with van der Waals surface area (Å²) < 4.78 is 4.99. The standard InChI is InChI=1S/C16H16ClNO3S/c1-2-9-18-15(19)10-21-16(20)14-8-7-13(22-14)11-3-5-12(17)6-4-11/h3-8H,2,9-10H2,1H3,(H,18,19). The second-order valence-electron chi connectivity index (χ2n) is 4.60. The minimum atomic E-state index is -0.489. The number of nitrogens with one attached hydrogen (secondary N) is 1. The summed E-state index contributed by atoms with van der Waals surface area (Å²) in [6.07, 6.45) is 0.842. The van der Waals surface area contributed by atoms with Crippen LogP contribution in [0.4, 0.5) is 0 Å². The van der Waals surface area contributed by atoms with Gasteiger partial charge < -0.3 is 10.1 Å². The zero-order chi connectivity index (χ0) is 15.9. The average Bonchev–Trinajstić information content (AvgIpc) is 3.01. The second kappa shape index (κ2) is 7.96. The number of esters is 1. The number of benzene rings is 1. The molecule has 22 heavy (non-hydrogen) atoms. The maximum atomic E-state index is 11.9. The fourth-order valence-corrected chi connectivity index (χ4v) is 2.77. The number of carbonyl (C=O) groups excluding carboxylic acids is 2. The zero-order valence-corrected chi connectivity index (χ0v) is 13.7. The highest BCUT2D eigenvalue weighted by molar-refractivity contribution is 7.17. The van der Waals surface area contributed by atoms with Crippen LogP contribution in [0.15, 0.2) is 36.4 Å². The number of rotatable bonds is 6. The van der Waals surface area contributed by atoms with Gasteiger partial charge in [-0.2, -0.15) is 0 Å². The first kappa shape index (κ1) is 16.5. The van der Waals surface area contributed by atoms with Crippen molar-refractivity contribution in [1.82, 2.24) is 5.32 Å². The third-order valence-corrected chi connectivity index (χ3v) is 4.21.